The first kappa shape index (κ1) is 22.5. The average Bonchev–Trinajstić information content (AvgIpc) is 3.37. The SMILES string of the molecule is CCc1ccccc1-n1c(SCc2nc(-c3ccc([N+](=O)[O-])cc3)no2)nc2ccccc2c1=O. The first-order valence-corrected chi connectivity index (χ1v) is 11.8. The lowest BCUT2D eigenvalue weighted by molar-refractivity contribution is -0.384. The van der Waals surface area contributed by atoms with Gasteiger partial charge in [0.2, 0.25) is 11.7 Å². The van der Waals surface area contributed by atoms with Crippen molar-refractivity contribution >= 4 is 28.4 Å². The van der Waals surface area contributed by atoms with Gasteiger partial charge in [-0.1, -0.05) is 54.2 Å². The zero-order chi connectivity index (χ0) is 24.4. The summed E-state index contributed by atoms with van der Waals surface area (Å²) in [6, 6.07) is 21.0. The Morgan fingerprint density at radius 1 is 1.00 bits per heavy atom. The van der Waals surface area contributed by atoms with Crippen LogP contribution in [-0.4, -0.2) is 24.6 Å². The molecule has 0 unspecified atom stereocenters. The minimum atomic E-state index is -0.463. The van der Waals surface area contributed by atoms with Gasteiger partial charge in [-0.2, -0.15) is 4.98 Å². The Bertz CT molecular complexity index is 1590. The van der Waals surface area contributed by atoms with E-state index < -0.39 is 4.92 Å². The van der Waals surface area contributed by atoms with E-state index in [4.69, 9.17) is 9.51 Å². The van der Waals surface area contributed by atoms with E-state index in [0.29, 0.717) is 39.1 Å². The third-order valence-corrected chi connectivity index (χ3v) is 6.41. The lowest BCUT2D eigenvalue weighted by Gasteiger charge is -2.15. The molecule has 5 rings (SSSR count). The van der Waals surface area contributed by atoms with Crippen molar-refractivity contribution in [3.05, 3.63) is 105 Å². The Morgan fingerprint density at radius 3 is 2.51 bits per heavy atom. The zero-order valence-corrected chi connectivity index (χ0v) is 19.4. The molecule has 10 heteroatoms. The van der Waals surface area contributed by atoms with Crippen molar-refractivity contribution in [2.45, 2.75) is 24.3 Å². The van der Waals surface area contributed by atoms with E-state index in [2.05, 4.69) is 10.1 Å². The van der Waals surface area contributed by atoms with Crippen LogP contribution in [0.3, 0.4) is 0 Å². The van der Waals surface area contributed by atoms with Gasteiger partial charge in [0.05, 0.1) is 27.3 Å². The number of rotatable bonds is 7. The van der Waals surface area contributed by atoms with Crippen LogP contribution >= 0.6 is 11.8 Å². The number of fused-ring (bicyclic) bond motifs is 1. The summed E-state index contributed by atoms with van der Waals surface area (Å²) in [4.78, 5) is 33.1. The number of aryl methyl sites for hydroxylation is 1. The van der Waals surface area contributed by atoms with Gasteiger partial charge < -0.3 is 4.52 Å². The summed E-state index contributed by atoms with van der Waals surface area (Å²) in [5.41, 5.74) is 2.89. The molecule has 0 fully saturated rings. The molecule has 3 aromatic carbocycles. The predicted octanol–water partition coefficient (Wildman–Crippen LogP) is 5.20. The van der Waals surface area contributed by atoms with Crippen molar-refractivity contribution < 1.29 is 9.45 Å². The predicted molar refractivity (Wildman–Crippen MR) is 133 cm³/mol. The highest BCUT2D eigenvalue weighted by Gasteiger charge is 2.17. The zero-order valence-electron chi connectivity index (χ0n) is 18.6. The molecule has 0 aliphatic heterocycles. The van der Waals surface area contributed by atoms with Crippen LogP contribution in [0.25, 0.3) is 28.0 Å². The standard InChI is InChI=1S/C25H19N5O4S/c1-2-16-7-3-6-10-21(16)29-24(31)19-8-4-5-9-20(19)26-25(29)35-15-22-27-23(28-34-22)17-11-13-18(14-12-17)30(32)33/h3-14H,2,15H2,1H3. The van der Waals surface area contributed by atoms with Crippen LogP contribution in [0.15, 0.2) is 87.3 Å². The fourth-order valence-corrected chi connectivity index (χ4v) is 4.58. The highest BCUT2D eigenvalue weighted by atomic mass is 32.2. The third kappa shape index (κ3) is 4.43. The van der Waals surface area contributed by atoms with Gasteiger partial charge in [0.1, 0.15) is 0 Å². The van der Waals surface area contributed by atoms with Gasteiger partial charge in [-0.05, 0) is 42.3 Å². The second-order valence-electron chi connectivity index (χ2n) is 7.64. The minimum Gasteiger partial charge on any atom is -0.338 e. The molecular formula is C25H19N5O4S. The van der Waals surface area contributed by atoms with E-state index in [1.165, 1.54) is 23.9 Å². The molecule has 0 amide bonds. The Hall–Kier alpha value is -4.31. The Balaban J connectivity index is 1.49. The highest BCUT2D eigenvalue weighted by molar-refractivity contribution is 7.98. The lowest BCUT2D eigenvalue weighted by atomic mass is 10.1. The molecule has 0 saturated carbocycles. The van der Waals surface area contributed by atoms with Gasteiger partial charge in [-0.25, -0.2) is 4.98 Å². The number of hydrogen-bond acceptors (Lipinski definition) is 8. The summed E-state index contributed by atoms with van der Waals surface area (Å²) < 4.78 is 7.03. The first-order chi connectivity index (χ1) is 17.0. The van der Waals surface area contributed by atoms with E-state index in [9.17, 15) is 14.9 Å². The van der Waals surface area contributed by atoms with Crippen molar-refractivity contribution in [1.29, 1.82) is 0 Å². The molecule has 0 aliphatic rings. The van der Waals surface area contributed by atoms with Gasteiger partial charge in [0.15, 0.2) is 5.16 Å². The molecule has 0 spiro atoms. The van der Waals surface area contributed by atoms with Gasteiger partial charge in [0, 0.05) is 17.7 Å². The largest absolute Gasteiger partial charge is 0.338 e. The van der Waals surface area contributed by atoms with Crippen molar-refractivity contribution in [3.63, 3.8) is 0 Å². The molecule has 0 bridgehead atoms. The number of non-ortho nitro benzene ring substituents is 1. The summed E-state index contributed by atoms with van der Waals surface area (Å²) in [5.74, 6) is 0.968. The molecule has 174 valence electrons. The molecule has 0 N–H and O–H groups in total. The highest BCUT2D eigenvalue weighted by Crippen LogP contribution is 2.27. The molecule has 9 nitrogen and oxygen atoms in total. The lowest BCUT2D eigenvalue weighted by Crippen LogP contribution is -2.22. The number of nitrogens with zero attached hydrogens (tertiary/aromatic N) is 5. The molecule has 0 aliphatic carbocycles. The molecule has 2 heterocycles. The maximum Gasteiger partial charge on any atom is 0.269 e. The van der Waals surface area contributed by atoms with Crippen LogP contribution in [0.5, 0.6) is 0 Å². The number of thioether (sulfide) groups is 1. The first-order valence-electron chi connectivity index (χ1n) is 10.9. The Labute approximate surface area is 203 Å². The molecule has 0 atom stereocenters. The van der Waals surface area contributed by atoms with Gasteiger partial charge in [0.25, 0.3) is 11.2 Å². The summed E-state index contributed by atoms with van der Waals surface area (Å²) >= 11 is 1.32. The van der Waals surface area contributed by atoms with E-state index in [-0.39, 0.29) is 11.2 Å². The number of nitro groups is 1. The maximum absolute atomic E-state index is 13.5. The van der Waals surface area contributed by atoms with Crippen LogP contribution in [0, 0.1) is 10.1 Å². The van der Waals surface area contributed by atoms with Crippen LogP contribution in [0.2, 0.25) is 0 Å². The van der Waals surface area contributed by atoms with Crippen molar-refractivity contribution in [3.8, 4) is 17.1 Å². The number of hydrogen-bond donors (Lipinski definition) is 0. The van der Waals surface area contributed by atoms with E-state index >= 15 is 0 Å². The van der Waals surface area contributed by atoms with Gasteiger partial charge in [-0.3, -0.25) is 19.5 Å². The van der Waals surface area contributed by atoms with Crippen LogP contribution < -0.4 is 5.56 Å². The molecule has 0 radical (unpaired) electrons. The van der Waals surface area contributed by atoms with Crippen molar-refractivity contribution in [2.75, 3.05) is 0 Å². The normalized spacial score (nSPS) is 11.1. The number of benzene rings is 3. The second-order valence-corrected chi connectivity index (χ2v) is 8.58. The van der Waals surface area contributed by atoms with Crippen molar-refractivity contribution in [2.24, 2.45) is 0 Å². The fraction of sp³-hybridized carbons (Fsp3) is 0.120. The smallest absolute Gasteiger partial charge is 0.269 e. The Morgan fingerprint density at radius 2 is 1.74 bits per heavy atom. The van der Waals surface area contributed by atoms with Crippen LogP contribution in [-0.2, 0) is 12.2 Å². The molecule has 35 heavy (non-hydrogen) atoms. The number of para-hydroxylation sites is 2. The number of nitro benzene ring substituents is 1. The summed E-state index contributed by atoms with van der Waals surface area (Å²) in [7, 11) is 0. The second kappa shape index (κ2) is 9.51. The fourth-order valence-electron chi connectivity index (χ4n) is 3.74. The molecular weight excluding hydrogens is 466 g/mol. The van der Waals surface area contributed by atoms with E-state index in [1.807, 2.05) is 49.4 Å². The summed E-state index contributed by atoms with van der Waals surface area (Å²) in [5, 5.41) is 15.9. The topological polar surface area (TPSA) is 117 Å². The van der Waals surface area contributed by atoms with Gasteiger partial charge in [-0.15, -0.1) is 0 Å². The third-order valence-electron chi connectivity index (χ3n) is 5.49. The monoisotopic (exact) mass is 485 g/mol. The van der Waals surface area contributed by atoms with Crippen molar-refractivity contribution in [1.82, 2.24) is 19.7 Å². The average molecular weight is 486 g/mol. The summed E-state index contributed by atoms with van der Waals surface area (Å²) in [6.07, 6.45) is 0.766. The number of aromatic nitrogens is 4. The maximum atomic E-state index is 13.5. The van der Waals surface area contributed by atoms with Crippen LogP contribution in [0.4, 0.5) is 5.69 Å². The minimum absolute atomic E-state index is 0.0132. The molecule has 5 aromatic rings. The van der Waals surface area contributed by atoms with E-state index in [1.54, 1.807) is 22.8 Å². The molecule has 2 aromatic heterocycles. The molecule has 0 saturated heterocycles. The summed E-state index contributed by atoms with van der Waals surface area (Å²) in [6.45, 7) is 2.04. The van der Waals surface area contributed by atoms with Crippen LogP contribution in [0.1, 0.15) is 18.4 Å². The van der Waals surface area contributed by atoms with Gasteiger partial charge >= 0.3 is 0 Å². The quantitative estimate of drug-likeness (QED) is 0.134. The van der Waals surface area contributed by atoms with E-state index in [0.717, 1.165) is 17.7 Å². The Kier molecular flexibility index (Phi) is 6.11.